The third-order valence-electron chi connectivity index (χ3n) is 3.08. The largest absolute Gasteiger partial charge is 0.488 e. The van der Waals surface area contributed by atoms with Gasteiger partial charge in [-0.1, -0.05) is 34.8 Å². The molecule has 0 aliphatic rings. The lowest BCUT2D eigenvalue weighted by atomic mass is 10.2. The van der Waals surface area contributed by atoms with Crippen LogP contribution < -0.4 is 9.47 Å². The second kappa shape index (κ2) is 8.67. The van der Waals surface area contributed by atoms with Crippen molar-refractivity contribution in [3.63, 3.8) is 0 Å². The van der Waals surface area contributed by atoms with Crippen LogP contribution in [0.25, 0.3) is 0 Å². The van der Waals surface area contributed by atoms with Crippen molar-refractivity contribution >= 4 is 34.8 Å². The van der Waals surface area contributed by atoms with Gasteiger partial charge in [0.2, 0.25) is 5.88 Å². The molecule has 0 aliphatic carbocycles. The van der Waals surface area contributed by atoms with E-state index in [-0.39, 0.29) is 39.9 Å². The van der Waals surface area contributed by atoms with Crippen molar-refractivity contribution in [3.05, 3.63) is 57.2 Å². The SMILES string of the molecule is FC(F)(F)c1cnc(Oc2ccc(OCC=C(Cl)Cl)c(Cl)c2)c(C(F)(F)F)c1. The van der Waals surface area contributed by atoms with Crippen LogP contribution in [0.15, 0.2) is 41.0 Å². The molecule has 12 heteroatoms. The molecule has 0 aliphatic heterocycles. The van der Waals surface area contributed by atoms with Crippen LogP contribution in [0.4, 0.5) is 26.3 Å². The van der Waals surface area contributed by atoms with E-state index in [4.69, 9.17) is 44.3 Å². The lowest BCUT2D eigenvalue weighted by molar-refractivity contribution is -0.144. The Balaban J connectivity index is 2.30. The van der Waals surface area contributed by atoms with Crippen molar-refractivity contribution < 1.29 is 35.8 Å². The highest BCUT2D eigenvalue weighted by Gasteiger charge is 2.40. The summed E-state index contributed by atoms with van der Waals surface area (Å²) in [5, 5.41) is -0.0305. The number of alkyl halides is 6. The molecule has 0 radical (unpaired) electrons. The molecule has 152 valence electrons. The molecule has 0 amide bonds. The average molecular weight is 467 g/mol. The number of ether oxygens (including phenoxy) is 2. The summed E-state index contributed by atoms with van der Waals surface area (Å²) in [7, 11) is 0. The van der Waals surface area contributed by atoms with Crippen LogP contribution in [0.1, 0.15) is 11.1 Å². The first kappa shape index (κ1) is 22.4. The maximum absolute atomic E-state index is 13.1. The minimum absolute atomic E-state index is 0.0268. The summed E-state index contributed by atoms with van der Waals surface area (Å²) in [6.07, 6.45) is -8.55. The predicted octanol–water partition coefficient (Wildman–Crippen LogP) is 7.26. The van der Waals surface area contributed by atoms with E-state index in [0.717, 1.165) is 6.07 Å². The van der Waals surface area contributed by atoms with Gasteiger partial charge in [-0.25, -0.2) is 4.98 Å². The molecular weight excluding hydrogens is 459 g/mol. The zero-order valence-corrected chi connectivity index (χ0v) is 15.6. The fourth-order valence-electron chi connectivity index (χ4n) is 1.86. The van der Waals surface area contributed by atoms with Crippen molar-refractivity contribution in [3.8, 4) is 17.4 Å². The van der Waals surface area contributed by atoms with Crippen molar-refractivity contribution in [1.29, 1.82) is 0 Å². The van der Waals surface area contributed by atoms with Gasteiger partial charge < -0.3 is 9.47 Å². The topological polar surface area (TPSA) is 31.4 Å². The summed E-state index contributed by atoms with van der Waals surface area (Å²) in [4.78, 5) is 3.15. The number of hydrogen-bond donors (Lipinski definition) is 0. The maximum atomic E-state index is 13.1. The van der Waals surface area contributed by atoms with Crippen LogP contribution in [0.2, 0.25) is 5.02 Å². The zero-order chi connectivity index (χ0) is 21.1. The molecular formula is C16H8Cl3F6NO2. The highest BCUT2D eigenvalue weighted by Crippen LogP contribution is 2.41. The molecule has 3 nitrogen and oxygen atoms in total. The number of pyridine rings is 1. The smallest absolute Gasteiger partial charge is 0.421 e. The molecule has 0 saturated carbocycles. The number of nitrogens with zero attached hydrogens (tertiary/aromatic N) is 1. The second-order valence-corrected chi connectivity index (χ2v) is 6.49. The molecule has 0 atom stereocenters. The second-order valence-electron chi connectivity index (χ2n) is 5.07. The van der Waals surface area contributed by atoms with Gasteiger partial charge in [0.15, 0.2) is 0 Å². The summed E-state index contributed by atoms with van der Waals surface area (Å²) in [6.45, 7) is -0.0268. The van der Waals surface area contributed by atoms with E-state index in [1.807, 2.05) is 0 Å². The molecule has 1 aromatic heterocycles. The van der Waals surface area contributed by atoms with Gasteiger partial charge in [-0.3, -0.25) is 0 Å². The van der Waals surface area contributed by atoms with Gasteiger partial charge in [0.05, 0.1) is 10.6 Å². The number of benzene rings is 1. The van der Waals surface area contributed by atoms with E-state index >= 15 is 0 Å². The van der Waals surface area contributed by atoms with E-state index in [1.54, 1.807) is 0 Å². The first-order valence-electron chi connectivity index (χ1n) is 7.13. The summed E-state index contributed by atoms with van der Waals surface area (Å²) in [6, 6.07) is 3.52. The van der Waals surface area contributed by atoms with E-state index in [2.05, 4.69) is 4.98 Å². The van der Waals surface area contributed by atoms with Gasteiger partial charge in [0, 0.05) is 12.3 Å². The van der Waals surface area contributed by atoms with Gasteiger partial charge in [0.1, 0.15) is 28.2 Å². The predicted molar refractivity (Wildman–Crippen MR) is 91.1 cm³/mol. The quantitative estimate of drug-likeness (QED) is 0.435. The lowest BCUT2D eigenvalue weighted by Gasteiger charge is -2.15. The van der Waals surface area contributed by atoms with Crippen molar-refractivity contribution in [2.24, 2.45) is 0 Å². The van der Waals surface area contributed by atoms with Crippen LogP contribution in [0, 0.1) is 0 Å². The van der Waals surface area contributed by atoms with Crippen LogP contribution in [-0.2, 0) is 12.4 Å². The Kier molecular flexibility index (Phi) is 6.95. The number of rotatable bonds is 5. The average Bonchev–Trinajstić information content (AvgIpc) is 2.55. The van der Waals surface area contributed by atoms with E-state index in [1.165, 1.54) is 18.2 Å². The van der Waals surface area contributed by atoms with Gasteiger partial charge >= 0.3 is 12.4 Å². The number of aromatic nitrogens is 1. The van der Waals surface area contributed by atoms with Crippen LogP contribution >= 0.6 is 34.8 Å². The molecule has 0 saturated heterocycles. The Morgan fingerprint density at radius 2 is 1.71 bits per heavy atom. The third-order valence-corrected chi connectivity index (χ3v) is 3.68. The number of halogens is 9. The first-order valence-corrected chi connectivity index (χ1v) is 8.27. The fourth-order valence-corrected chi connectivity index (χ4v) is 2.21. The normalized spacial score (nSPS) is 11.9. The zero-order valence-electron chi connectivity index (χ0n) is 13.3. The van der Waals surface area contributed by atoms with E-state index in [9.17, 15) is 26.3 Å². The summed E-state index contributed by atoms with van der Waals surface area (Å²) < 4.78 is 87.5. The monoisotopic (exact) mass is 465 g/mol. The molecule has 1 aromatic carbocycles. The lowest BCUT2D eigenvalue weighted by Crippen LogP contribution is -2.13. The van der Waals surface area contributed by atoms with E-state index < -0.39 is 29.4 Å². The highest BCUT2D eigenvalue weighted by atomic mass is 35.5. The Morgan fingerprint density at radius 1 is 1.04 bits per heavy atom. The minimum Gasteiger partial charge on any atom is -0.488 e. The van der Waals surface area contributed by atoms with Crippen molar-refractivity contribution in [2.45, 2.75) is 12.4 Å². The van der Waals surface area contributed by atoms with Gasteiger partial charge in [0.25, 0.3) is 0 Å². The summed E-state index contributed by atoms with van der Waals surface area (Å²) >= 11 is 16.8. The van der Waals surface area contributed by atoms with Gasteiger partial charge in [-0.2, -0.15) is 26.3 Å². The molecule has 0 N–H and O–H groups in total. The highest BCUT2D eigenvalue weighted by molar-refractivity contribution is 6.55. The summed E-state index contributed by atoms with van der Waals surface area (Å²) in [5.74, 6) is -1.10. The Labute approximate surface area is 169 Å². The van der Waals surface area contributed by atoms with Crippen LogP contribution in [0.5, 0.6) is 17.4 Å². The van der Waals surface area contributed by atoms with Crippen LogP contribution in [0.3, 0.4) is 0 Å². The number of hydrogen-bond acceptors (Lipinski definition) is 3. The maximum Gasteiger partial charge on any atom is 0.421 e. The standard InChI is InChI=1S/C16H8Cl3F6NO2/c17-11-6-9(1-2-12(11)27-4-3-13(18)19)28-14-10(16(23,24)25)5-8(7-26-14)15(20,21)22/h1-3,5-7H,4H2. The minimum atomic E-state index is -5.12. The Hall–Kier alpha value is -1.84. The molecule has 0 spiro atoms. The summed E-state index contributed by atoms with van der Waals surface area (Å²) in [5.41, 5.74) is -3.24. The first-order chi connectivity index (χ1) is 12.9. The van der Waals surface area contributed by atoms with Gasteiger partial charge in [-0.05, 0) is 24.3 Å². The van der Waals surface area contributed by atoms with E-state index in [0.29, 0.717) is 0 Å². The molecule has 0 unspecified atom stereocenters. The molecule has 2 aromatic rings. The van der Waals surface area contributed by atoms with Gasteiger partial charge in [-0.15, -0.1) is 0 Å². The Bertz CT molecular complexity index is 880. The molecule has 28 heavy (non-hydrogen) atoms. The molecule has 0 fully saturated rings. The van der Waals surface area contributed by atoms with Crippen molar-refractivity contribution in [1.82, 2.24) is 4.98 Å². The van der Waals surface area contributed by atoms with Crippen molar-refractivity contribution in [2.75, 3.05) is 6.61 Å². The third kappa shape index (κ3) is 6.08. The molecule has 0 bridgehead atoms. The molecule has 2 rings (SSSR count). The fraction of sp³-hybridized carbons (Fsp3) is 0.188. The Morgan fingerprint density at radius 3 is 2.25 bits per heavy atom. The van der Waals surface area contributed by atoms with Crippen LogP contribution in [-0.4, -0.2) is 11.6 Å². The molecule has 1 heterocycles.